The standard InChI is InChI=1S/C18H26N4/c1-21-17(20-16-8-5-10-19-18(16)21)15-9-11-22(13-15)12-14-6-3-2-4-7-14/h5,8,10,14-15H,2-4,6-7,9,11-13H2,1H3/t15-/m0/s1. The van der Waals surface area contributed by atoms with Crippen LogP contribution in [0.15, 0.2) is 18.3 Å². The quantitative estimate of drug-likeness (QED) is 0.871. The summed E-state index contributed by atoms with van der Waals surface area (Å²) >= 11 is 0. The van der Waals surface area contributed by atoms with Crippen LogP contribution in [0.2, 0.25) is 0 Å². The largest absolute Gasteiger partial charge is 0.316 e. The van der Waals surface area contributed by atoms with Crippen molar-refractivity contribution in [3.8, 4) is 0 Å². The summed E-state index contributed by atoms with van der Waals surface area (Å²) in [5.74, 6) is 2.73. The third-order valence-corrected chi connectivity index (χ3v) is 5.54. The number of pyridine rings is 1. The molecule has 1 aliphatic heterocycles. The van der Waals surface area contributed by atoms with E-state index in [-0.39, 0.29) is 0 Å². The van der Waals surface area contributed by atoms with E-state index < -0.39 is 0 Å². The molecule has 0 aromatic carbocycles. The smallest absolute Gasteiger partial charge is 0.159 e. The van der Waals surface area contributed by atoms with Gasteiger partial charge in [-0.1, -0.05) is 19.3 Å². The maximum Gasteiger partial charge on any atom is 0.159 e. The van der Waals surface area contributed by atoms with Crippen LogP contribution in [0.1, 0.15) is 50.3 Å². The van der Waals surface area contributed by atoms with Crippen LogP contribution in [0.25, 0.3) is 11.2 Å². The third-order valence-electron chi connectivity index (χ3n) is 5.54. The molecule has 118 valence electrons. The van der Waals surface area contributed by atoms with Gasteiger partial charge in [0.15, 0.2) is 5.65 Å². The van der Waals surface area contributed by atoms with Crippen molar-refractivity contribution in [3.05, 3.63) is 24.2 Å². The number of aromatic nitrogens is 3. The SMILES string of the molecule is Cn1c([C@H]2CCN(CC3CCCCC3)C2)nc2cccnc21. The molecule has 1 aliphatic carbocycles. The van der Waals surface area contributed by atoms with E-state index in [1.165, 1.54) is 64.0 Å². The fourth-order valence-electron chi connectivity index (χ4n) is 4.35. The molecule has 2 aliphatic rings. The monoisotopic (exact) mass is 298 g/mol. The van der Waals surface area contributed by atoms with Crippen molar-refractivity contribution in [1.29, 1.82) is 0 Å². The minimum atomic E-state index is 0.572. The predicted molar refractivity (Wildman–Crippen MR) is 88.9 cm³/mol. The molecule has 1 atom stereocenters. The van der Waals surface area contributed by atoms with Crippen LogP contribution >= 0.6 is 0 Å². The molecule has 0 amide bonds. The molecule has 4 rings (SSSR count). The highest BCUT2D eigenvalue weighted by molar-refractivity contribution is 5.71. The van der Waals surface area contributed by atoms with Gasteiger partial charge in [-0.05, 0) is 43.9 Å². The van der Waals surface area contributed by atoms with Crippen LogP contribution in [0.5, 0.6) is 0 Å². The van der Waals surface area contributed by atoms with E-state index >= 15 is 0 Å². The van der Waals surface area contributed by atoms with E-state index in [9.17, 15) is 0 Å². The molecule has 2 fully saturated rings. The van der Waals surface area contributed by atoms with Crippen LogP contribution in [0, 0.1) is 5.92 Å². The van der Waals surface area contributed by atoms with E-state index in [0.29, 0.717) is 5.92 Å². The Labute approximate surface area is 132 Å². The second-order valence-electron chi connectivity index (χ2n) is 7.12. The number of imidazole rings is 1. The van der Waals surface area contributed by atoms with E-state index in [0.717, 1.165) is 17.1 Å². The van der Waals surface area contributed by atoms with Gasteiger partial charge in [0.25, 0.3) is 0 Å². The fourth-order valence-corrected chi connectivity index (χ4v) is 4.35. The number of likely N-dealkylation sites (tertiary alicyclic amines) is 1. The van der Waals surface area contributed by atoms with Gasteiger partial charge >= 0.3 is 0 Å². The highest BCUT2D eigenvalue weighted by Crippen LogP contribution is 2.31. The van der Waals surface area contributed by atoms with Crippen LogP contribution in [0.3, 0.4) is 0 Å². The van der Waals surface area contributed by atoms with Crippen LogP contribution in [-0.4, -0.2) is 39.1 Å². The average Bonchev–Trinajstić information content (AvgIpc) is 3.14. The average molecular weight is 298 g/mol. The molecule has 0 N–H and O–H groups in total. The maximum absolute atomic E-state index is 4.85. The van der Waals surface area contributed by atoms with Gasteiger partial charge < -0.3 is 9.47 Å². The van der Waals surface area contributed by atoms with Gasteiger partial charge in [0.1, 0.15) is 11.3 Å². The van der Waals surface area contributed by atoms with Gasteiger partial charge in [-0.3, -0.25) is 0 Å². The Balaban J connectivity index is 1.46. The van der Waals surface area contributed by atoms with Crippen molar-refractivity contribution in [2.24, 2.45) is 13.0 Å². The topological polar surface area (TPSA) is 34.0 Å². The summed E-state index contributed by atoms with van der Waals surface area (Å²) in [7, 11) is 2.11. The lowest BCUT2D eigenvalue weighted by atomic mass is 9.89. The van der Waals surface area contributed by atoms with Gasteiger partial charge in [-0.2, -0.15) is 0 Å². The van der Waals surface area contributed by atoms with Crippen LogP contribution in [-0.2, 0) is 7.05 Å². The third kappa shape index (κ3) is 2.65. The fraction of sp³-hybridized carbons (Fsp3) is 0.667. The Bertz CT molecular complexity index is 642. The molecule has 0 bridgehead atoms. The van der Waals surface area contributed by atoms with Gasteiger partial charge in [0, 0.05) is 32.3 Å². The lowest BCUT2D eigenvalue weighted by Gasteiger charge is -2.26. The highest BCUT2D eigenvalue weighted by Gasteiger charge is 2.29. The summed E-state index contributed by atoms with van der Waals surface area (Å²) in [6, 6.07) is 4.05. The van der Waals surface area contributed by atoms with Crippen molar-refractivity contribution in [3.63, 3.8) is 0 Å². The lowest BCUT2D eigenvalue weighted by molar-refractivity contribution is 0.231. The summed E-state index contributed by atoms with van der Waals surface area (Å²) in [5, 5.41) is 0. The molecule has 2 aromatic heterocycles. The molecular formula is C18H26N4. The summed E-state index contributed by atoms with van der Waals surface area (Å²) in [4.78, 5) is 12.0. The Morgan fingerprint density at radius 1 is 1.18 bits per heavy atom. The van der Waals surface area contributed by atoms with Crippen molar-refractivity contribution < 1.29 is 0 Å². The zero-order valence-corrected chi connectivity index (χ0v) is 13.5. The van der Waals surface area contributed by atoms with E-state index in [1.807, 2.05) is 12.3 Å². The molecule has 1 saturated carbocycles. The summed E-state index contributed by atoms with van der Waals surface area (Å²) in [5.41, 5.74) is 2.05. The highest BCUT2D eigenvalue weighted by atomic mass is 15.2. The van der Waals surface area contributed by atoms with Gasteiger partial charge in [0.2, 0.25) is 0 Å². The maximum atomic E-state index is 4.85. The number of hydrogen-bond acceptors (Lipinski definition) is 3. The minimum Gasteiger partial charge on any atom is -0.316 e. The summed E-state index contributed by atoms with van der Waals surface area (Å²) in [6.07, 6.45) is 10.3. The zero-order valence-electron chi connectivity index (χ0n) is 13.5. The molecular weight excluding hydrogens is 272 g/mol. The molecule has 4 nitrogen and oxygen atoms in total. The first kappa shape index (κ1) is 14.2. The van der Waals surface area contributed by atoms with Gasteiger partial charge in [0.05, 0.1) is 0 Å². The first-order valence-corrected chi connectivity index (χ1v) is 8.81. The Morgan fingerprint density at radius 2 is 2.05 bits per heavy atom. The number of hydrogen-bond donors (Lipinski definition) is 0. The first-order chi connectivity index (χ1) is 10.8. The Morgan fingerprint density at radius 3 is 2.86 bits per heavy atom. The summed E-state index contributed by atoms with van der Waals surface area (Å²) < 4.78 is 2.20. The summed E-state index contributed by atoms with van der Waals surface area (Å²) in [6.45, 7) is 3.71. The normalized spacial score (nSPS) is 24.3. The van der Waals surface area contributed by atoms with Crippen LogP contribution in [0.4, 0.5) is 0 Å². The number of aryl methyl sites for hydroxylation is 1. The molecule has 1 saturated heterocycles. The van der Waals surface area contributed by atoms with E-state index in [1.54, 1.807) is 0 Å². The lowest BCUT2D eigenvalue weighted by Crippen LogP contribution is -2.28. The van der Waals surface area contributed by atoms with E-state index in [2.05, 4.69) is 27.6 Å². The number of fused-ring (bicyclic) bond motifs is 1. The van der Waals surface area contributed by atoms with Crippen molar-refractivity contribution >= 4 is 11.2 Å². The second-order valence-corrected chi connectivity index (χ2v) is 7.12. The van der Waals surface area contributed by atoms with Crippen molar-refractivity contribution in [2.75, 3.05) is 19.6 Å². The molecule has 0 radical (unpaired) electrons. The number of rotatable bonds is 3. The Hall–Kier alpha value is -1.42. The zero-order chi connectivity index (χ0) is 14.9. The minimum absolute atomic E-state index is 0.572. The van der Waals surface area contributed by atoms with Crippen molar-refractivity contribution in [1.82, 2.24) is 19.4 Å². The molecule has 0 unspecified atom stereocenters. The van der Waals surface area contributed by atoms with Gasteiger partial charge in [-0.15, -0.1) is 0 Å². The number of nitrogens with zero attached hydrogens (tertiary/aromatic N) is 4. The molecule has 22 heavy (non-hydrogen) atoms. The first-order valence-electron chi connectivity index (χ1n) is 8.81. The van der Waals surface area contributed by atoms with E-state index in [4.69, 9.17) is 4.98 Å². The predicted octanol–water partition coefficient (Wildman–Crippen LogP) is 3.34. The molecule has 2 aromatic rings. The Kier molecular flexibility index (Phi) is 3.87. The van der Waals surface area contributed by atoms with Crippen molar-refractivity contribution in [2.45, 2.75) is 44.4 Å². The molecule has 4 heteroatoms. The molecule has 0 spiro atoms. The van der Waals surface area contributed by atoms with Crippen LogP contribution < -0.4 is 0 Å². The second kappa shape index (κ2) is 5.99. The molecule has 3 heterocycles. The van der Waals surface area contributed by atoms with Gasteiger partial charge in [-0.25, -0.2) is 9.97 Å².